The Hall–Kier alpha value is -2.28. The molecule has 0 spiro atoms. The second-order valence-corrected chi connectivity index (χ2v) is 6.64. The molecule has 1 aromatic heterocycles. The van der Waals surface area contributed by atoms with E-state index in [1.165, 1.54) is 6.07 Å². The third kappa shape index (κ3) is 3.16. The van der Waals surface area contributed by atoms with E-state index in [0.717, 1.165) is 24.7 Å². The smallest absolute Gasteiger partial charge is 0.255 e. The summed E-state index contributed by atoms with van der Waals surface area (Å²) in [6.45, 7) is 4.41. The minimum absolute atomic E-state index is 0.179. The van der Waals surface area contributed by atoms with Crippen molar-refractivity contribution < 1.29 is 13.6 Å². The summed E-state index contributed by atoms with van der Waals surface area (Å²) in [7, 11) is 3.71. The van der Waals surface area contributed by atoms with Crippen LogP contribution >= 0.6 is 0 Å². The Morgan fingerprint density at radius 3 is 2.56 bits per heavy atom. The molecule has 1 aliphatic heterocycles. The first-order valence-electron chi connectivity index (χ1n) is 8.26. The molecule has 0 aliphatic carbocycles. The lowest BCUT2D eigenvalue weighted by atomic mass is 9.99. The highest BCUT2D eigenvalue weighted by Crippen LogP contribution is 2.32. The molecule has 25 heavy (non-hydrogen) atoms. The van der Waals surface area contributed by atoms with Crippen molar-refractivity contribution in [1.29, 1.82) is 0 Å². The Balaban J connectivity index is 1.85. The van der Waals surface area contributed by atoms with Crippen LogP contribution in [0.25, 0.3) is 0 Å². The number of carbonyl (C=O) groups excluding carboxylic acids is 1. The zero-order chi connectivity index (χ0) is 18.3. The van der Waals surface area contributed by atoms with E-state index in [1.807, 2.05) is 18.9 Å². The molecule has 2 heterocycles. The average Bonchev–Trinajstić information content (AvgIpc) is 3.02. The van der Waals surface area contributed by atoms with Gasteiger partial charge in [-0.15, -0.1) is 0 Å². The number of aryl methyl sites for hydroxylation is 2. The number of benzene rings is 1. The van der Waals surface area contributed by atoms with Crippen LogP contribution in [-0.2, 0) is 7.05 Å². The topological polar surface area (TPSA) is 50.2 Å². The fourth-order valence-electron chi connectivity index (χ4n) is 3.62. The van der Waals surface area contributed by atoms with Crippen LogP contribution in [0.4, 0.5) is 8.78 Å². The summed E-state index contributed by atoms with van der Waals surface area (Å²) in [6, 6.07) is 3.54. The Morgan fingerprint density at radius 1 is 1.24 bits per heavy atom. The Kier molecular flexibility index (Phi) is 4.60. The Bertz CT molecular complexity index is 818. The molecule has 0 radical (unpaired) electrons. The van der Waals surface area contributed by atoms with E-state index in [2.05, 4.69) is 10.4 Å². The minimum Gasteiger partial charge on any atom is -0.347 e. The number of hydrogen-bond donors (Lipinski definition) is 1. The largest absolute Gasteiger partial charge is 0.347 e. The van der Waals surface area contributed by atoms with E-state index in [4.69, 9.17) is 0 Å². The van der Waals surface area contributed by atoms with Gasteiger partial charge in [0.05, 0.1) is 23.3 Å². The molecule has 3 rings (SSSR count). The third-order valence-corrected chi connectivity index (χ3v) is 4.99. The predicted octanol–water partition coefficient (Wildman–Crippen LogP) is 2.49. The first-order chi connectivity index (χ1) is 11.8. The number of nitrogens with zero attached hydrogens (tertiary/aromatic N) is 3. The van der Waals surface area contributed by atoms with Crippen LogP contribution in [0.2, 0.25) is 0 Å². The van der Waals surface area contributed by atoms with E-state index >= 15 is 0 Å². The molecule has 7 heteroatoms. The molecule has 2 aromatic rings. The van der Waals surface area contributed by atoms with Crippen LogP contribution in [0, 0.1) is 25.5 Å². The molecule has 0 saturated carbocycles. The fourth-order valence-corrected chi connectivity index (χ4v) is 3.62. The summed E-state index contributed by atoms with van der Waals surface area (Å²) in [5.74, 6) is -1.93. The summed E-state index contributed by atoms with van der Waals surface area (Å²) in [5, 5.41) is 7.33. The van der Waals surface area contributed by atoms with Gasteiger partial charge in [-0.3, -0.25) is 14.4 Å². The number of rotatable bonds is 3. The molecule has 134 valence electrons. The number of likely N-dealkylation sites (N-methyl/N-ethyl adjacent to an activating group) is 1. The summed E-state index contributed by atoms with van der Waals surface area (Å²) < 4.78 is 28.5. The van der Waals surface area contributed by atoms with Crippen LogP contribution < -0.4 is 5.32 Å². The molecule has 1 fully saturated rings. The molecule has 5 nitrogen and oxygen atoms in total. The van der Waals surface area contributed by atoms with Crippen LogP contribution in [0.15, 0.2) is 18.2 Å². The van der Waals surface area contributed by atoms with Crippen LogP contribution in [0.3, 0.4) is 0 Å². The number of carbonyl (C=O) groups is 1. The summed E-state index contributed by atoms with van der Waals surface area (Å²) >= 11 is 0. The summed E-state index contributed by atoms with van der Waals surface area (Å²) in [4.78, 5) is 14.8. The molecule has 1 N–H and O–H groups in total. The molecule has 1 aromatic carbocycles. The zero-order valence-electron chi connectivity index (χ0n) is 14.8. The van der Waals surface area contributed by atoms with Crippen LogP contribution in [0.1, 0.15) is 39.8 Å². The van der Waals surface area contributed by atoms with E-state index in [9.17, 15) is 13.6 Å². The van der Waals surface area contributed by atoms with Gasteiger partial charge >= 0.3 is 0 Å². The van der Waals surface area contributed by atoms with Gasteiger partial charge in [-0.2, -0.15) is 5.10 Å². The van der Waals surface area contributed by atoms with Crippen molar-refractivity contribution in [2.75, 3.05) is 13.6 Å². The molecule has 0 bridgehead atoms. The standard InChI is InChI=1S/C18H22F2N4O/c1-10-16(11(2)24(4)22-10)18(25)21-15-7-8-23(3)17(15)12-5-6-13(19)14(20)9-12/h5-6,9,15,17H,7-8H2,1-4H3,(H,21,25)/t15-,17-/m0/s1. The van der Waals surface area contributed by atoms with Crippen molar-refractivity contribution in [2.45, 2.75) is 32.4 Å². The van der Waals surface area contributed by atoms with Crippen molar-refractivity contribution >= 4 is 5.91 Å². The van der Waals surface area contributed by atoms with Gasteiger partial charge in [-0.05, 0) is 45.0 Å². The van der Waals surface area contributed by atoms with Gasteiger partial charge in [0.2, 0.25) is 0 Å². The number of hydrogen-bond acceptors (Lipinski definition) is 3. The van der Waals surface area contributed by atoms with Gasteiger partial charge in [0.15, 0.2) is 11.6 Å². The highest BCUT2D eigenvalue weighted by Gasteiger charge is 2.35. The summed E-state index contributed by atoms with van der Waals surface area (Å²) in [6.07, 6.45) is 0.740. The van der Waals surface area contributed by atoms with Gasteiger partial charge in [-0.1, -0.05) is 6.07 Å². The monoisotopic (exact) mass is 348 g/mol. The summed E-state index contributed by atoms with van der Waals surface area (Å²) in [5.41, 5.74) is 2.70. The van der Waals surface area contributed by atoms with Gasteiger partial charge in [0.25, 0.3) is 5.91 Å². The fraction of sp³-hybridized carbons (Fsp3) is 0.444. The number of amides is 1. The molecular weight excluding hydrogens is 326 g/mol. The number of nitrogens with one attached hydrogen (secondary N) is 1. The van der Waals surface area contributed by atoms with E-state index in [-0.39, 0.29) is 18.0 Å². The number of aromatic nitrogens is 2. The van der Waals surface area contributed by atoms with Gasteiger partial charge in [0, 0.05) is 19.3 Å². The first-order valence-corrected chi connectivity index (χ1v) is 8.26. The minimum atomic E-state index is -0.873. The van der Waals surface area contributed by atoms with Crippen LogP contribution in [-0.4, -0.2) is 40.2 Å². The third-order valence-electron chi connectivity index (χ3n) is 4.99. The molecule has 1 amide bonds. The molecular formula is C18H22F2N4O. The van der Waals surface area contributed by atoms with Crippen molar-refractivity contribution in [1.82, 2.24) is 20.0 Å². The van der Waals surface area contributed by atoms with E-state index in [1.54, 1.807) is 24.7 Å². The second-order valence-electron chi connectivity index (χ2n) is 6.64. The lowest BCUT2D eigenvalue weighted by Crippen LogP contribution is -2.39. The maximum Gasteiger partial charge on any atom is 0.255 e. The lowest BCUT2D eigenvalue weighted by Gasteiger charge is -2.26. The van der Waals surface area contributed by atoms with Crippen molar-refractivity contribution in [3.63, 3.8) is 0 Å². The quantitative estimate of drug-likeness (QED) is 0.927. The molecule has 2 atom stereocenters. The second kappa shape index (κ2) is 6.55. The predicted molar refractivity (Wildman–Crippen MR) is 90.3 cm³/mol. The van der Waals surface area contributed by atoms with Crippen LogP contribution in [0.5, 0.6) is 0 Å². The molecule has 1 aliphatic rings. The lowest BCUT2D eigenvalue weighted by molar-refractivity contribution is 0.0926. The molecule has 1 saturated heterocycles. The van der Waals surface area contributed by atoms with Crippen molar-refractivity contribution in [2.24, 2.45) is 7.05 Å². The average molecular weight is 348 g/mol. The first kappa shape index (κ1) is 17.5. The molecule has 0 unspecified atom stereocenters. The maximum absolute atomic E-state index is 13.6. The Morgan fingerprint density at radius 2 is 1.96 bits per heavy atom. The van der Waals surface area contributed by atoms with E-state index < -0.39 is 11.6 Å². The highest BCUT2D eigenvalue weighted by atomic mass is 19.2. The van der Waals surface area contributed by atoms with E-state index in [0.29, 0.717) is 16.8 Å². The zero-order valence-corrected chi connectivity index (χ0v) is 14.8. The van der Waals surface area contributed by atoms with Gasteiger partial charge in [0.1, 0.15) is 0 Å². The normalized spacial score (nSPS) is 20.9. The van der Waals surface area contributed by atoms with Gasteiger partial charge < -0.3 is 5.32 Å². The van der Waals surface area contributed by atoms with Gasteiger partial charge in [-0.25, -0.2) is 8.78 Å². The van der Waals surface area contributed by atoms with Crippen molar-refractivity contribution in [3.8, 4) is 0 Å². The Labute approximate surface area is 145 Å². The number of likely N-dealkylation sites (tertiary alicyclic amines) is 1. The number of halogens is 2. The maximum atomic E-state index is 13.6. The highest BCUT2D eigenvalue weighted by molar-refractivity contribution is 5.96. The van der Waals surface area contributed by atoms with Crippen molar-refractivity contribution in [3.05, 3.63) is 52.3 Å². The SMILES string of the molecule is Cc1nn(C)c(C)c1C(=O)N[C@H]1CCN(C)[C@H]1c1ccc(F)c(F)c1.